The summed E-state index contributed by atoms with van der Waals surface area (Å²) in [6.45, 7) is 2.01. The van der Waals surface area contributed by atoms with Gasteiger partial charge in [-0.25, -0.2) is 0 Å². The second-order valence-corrected chi connectivity index (χ2v) is 5.43. The van der Waals surface area contributed by atoms with Crippen molar-refractivity contribution in [3.63, 3.8) is 0 Å². The maximum Gasteiger partial charge on any atom is 0.290 e. The van der Waals surface area contributed by atoms with E-state index in [1.165, 1.54) is 25.0 Å². The topological polar surface area (TPSA) is 71.9 Å². The predicted octanol–water partition coefficient (Wildman–Crippen LogP) is 4.19. The molecule has 1 fully saturated rings. The lowest BCUT2D eigenvalue weighted by atomic mass is 10.3. The Morgan fingerprint density at radius 3 is 2.77 bits per heavy atom. The molecule has 0 aliphatic carbocycles. The fraction of sp³-hybridized carbons (Fsp3) is 0.267. The minimum atomic E-state index is -0.528. The molecule has 1 aromatic heterocycles. The van der Waals surface area contributed by atoms with Crippen molar-refractivity contribution in [1.82, 2.24) is 0 Å². The van der Waals surface area contributed by atoms with Gasteiger partial charge < -0.3 is 9.32 Å². The van der Waals surface area contributed by atoms with Crippen LogP contribution in [0, 0.1) is 10.1 Å². The van der Waals surface area contributed by atoms with E-state index in [9.17, 15) is 10.1 Å². The van der Waals surface area contributed by atoms with Gasteiger partial charge in [0.05, 0.1) is 16.8 Å². The number of nitrogens with zero attached hydrogens (tertiary/aromatic N) is 3. The Bertz CT molecular complexity index is 721. The zero-order valence-electron chi connectivity index (χ0n) is 11.7. The van der Waals surface area contributed by atoms with Crippen LogP contribution in [0.1, 0.15) is 18.6 Å². The maximum absolute atomic E-state index is 10.8. The molecule has 1 aromatic carbocycles. The molecule has 1 aliphatic heterocycles. The smallest absolute Gasteiger partial charge is 0.290 e. The van der Waals surface area contributed by atoms with Crippen LogP contribution in [0.2, 0.25) is 5.02 Å². The molecule has 1 saturated heterocycles. The zero-order chi connectivity index (χ0) is 15.5. The van der Waals surface area contributed by atoms with Crippen LogP contribution >= 0.6 is 11.6 Å². The van der Waals surface area contributed by atoms with E-state index in [1.54, 1.807) is 12.3 Å². The van der Waals surface area contributed by atoms with E-state index in [-0.39, 0.29) is 10.7 Å². The summed E-state index contributed by atoms with van der Waals surface area (Å²) in [6.07, 6.45) is 3.91. The van der Waals surface area contributed by atoms with Gasteiger partial charge in [0.25, 0.3) is 5.69 Å². The summed E-state index contributed by atoms with van der Waals surface area (Å²) in [4.78, 5) is 16.7. The van der Waals surface area contributed by atoms with E-state index in [0.29, 0.717) is 11.4 Å². The normalized spacial score (nSPS) is 14.9. The number of hydrogen-bond donors (Lipinski definition) is 0. The molecule has 0 bridgehead atoms. The summed E-state index contributed by atoms with van der Waals surface area (Å²) >= 11 is 5.77. The molecule has 7 heteroatoms. The minimum absolute atomic E-state index is 0.0956. The van der Waals surface area contributed by atoms with E-state index in [1.807, 2.05) is 12.1 Å². The summed E-state index contributed by atoms with van der Waals surface area (Å²) in [5.41, 5.74) is 0.295. The lowest BCUT2D eigenvalue weighted by Crippen LogP contribution is -2.16. The van der Waals surface area contributed by atoms with Gasteiger partial charge in [-0.15, -0.1) is 0 Å². The fourth-order valence-electron chi connectivity index (χ4n) is 2.38. The largest absolute Gasteiger partial charge is 0.440 e. The summed E-state index contributed by atoms with van der Waals surface area (Å²) in [6, 6.07) is 8.17. The van der Waals surface area contributed by atoms with E-state index >= 15 is 0 Å². The van der Waals surface area contributed by atoms with Crippen LogP contribution in [0.15, 0.2) is 39.7 Å². The van der Waals surface area contributed by atoms with Gasteiger partial charge in [0.1, 0.15) is 10.8 Å². The first-order valence-electron chi connectivity index (χ1n) is 6.96. The van der Waals surface area contributed by atoms with Gasteiger partial charge >= 0.3 is 0 Å². The Kier molecular flexibility index (Phi) is 4.11. The number of anilines is 1. The lowest BCUT2D eigenvalue weighted by Gasteiger charge is -2.12. The van der Waals surface area contributed by atoms with Gasteiger partial charge in [0.15, 0.2) is 5.88 Å². The Hall–Kier alpha value is -2.34. The number of benzene rings is 1. The number of halogens is 1. The molecule has 0 radical (unpaired) electrons. The summed E-state index contributed by atoms with van der Waals surface area (Å²) < 4.78 is 5.71. The maximum atomic E-state index is 10.8. The SMILES string of the molecule is O=[N+]([O-])c1cc(N=Cc2ccc(N3CCCC3)o2)ccc1Cl. The van der Waals surface area contributed by atoms with Crippen LogP contribution in [0.3, 0.4) is 0 Å². The molecule has 0 amide bonds. The molecule has 114 valence electrons. The first kappa shape index (κ1) is 14.6. The molecular weight excluding hydrogens is 306 g/mol. The summed E-state index contributed by atoms with van der Waals surface area (Å²) in [5.74, 6) is 1.44. The number of hydrogen-bond acceptors (Lipinski definition) is 5. The number of nitro benzene ring substituents is 1. The van der Waals surface area contributed by atoms with Gasteiger partial charge in [0.2, 0.25) is 0 Å². The van der Waals surface area contributed by atoms with E-state index in [0.717, 1.165) is 19.0 Å². The number of furan rings is 1. The van der Waals surface area contributed by atoms with E-state index in [2.05, 4.69) is 9.89 Å². The van der Waals surface area contributed by atoms with Crippen LogP contribution in [-0.2, 0) is 0 Å². The van der Waals surface area contributed by atoms with Crippen LogP contribution in [0.25, 0.3) is 0 Å². The molecule has 1 aliphatic rings. The molecule has 0 atom stereocenters. The third-order valence-corrected chi connectivity index (χ3v) is 3.82. The molecule has 0 saturated carbocycles. The Labute approximate surface area is 132 Å². The molecule has 22 heavy (non-hydrogen) atoms. The first-order chi connectivity index (χ1) is 10.6. The number of rotatable bonds is 4. The fourth-order valence-corrected chi connectivity index (χ4v) is 2.57. The average Bonchev–Trinajstić information content (AvgIpc) is 3.17. The van der Waals surface area contributed by atoms with Gasteiger partial charge in [-0.3, -0.25) is 15.1 Å². The highest BCUT2D eigenvalue weighted by molar-refractivity contribution is 6.32. The van der Waals surface area contributed by atoms with E-state index in [4.69, 9.17) is 16.0 Å². The Morgan fingerprint density at radius 2 is 2.05 bits per heavy atom. The average molecular weight is 320 g/mol. The number of aliphatic imine (C=N–C) groups is 1. The Morgan fingerprint density at radius 1 is 1.27 bits per heavy atom. The standard InChI is InChI=1S/C15H14ClN3O3/c16-13-5-3-11(9-14(13)19(20)21)17-10-12-4-6-15(22-12)18-7-1-2-8-18/h3-6,9-10H,1-2,7-8H2. The van der Waals surface area contributed by atoms with Crippen molar-refractivity contribution >= 4 is 35.1 Å². The third-order valence-electron chi connectivity index (χ3n) is 3.50. The van der Waals surface area contributed by atoms with Crippen molar-refractivity contribution in [2.45, 2.75) is 12.8 Å². The molecule has 0 spiro atoms. The third kappa shape index (κ3) is 3.12. The molecule has 2 heterocycles. The van der Waals surface area contributed by atoms with Crippen molar-refractivity contribution in [2.24, 2.45) is 4.99 Å². The summed E-state index contributed by atoms with van der Waals surface area (Å²) in [7, 11) is 0. The van der Waals surface area contributed by atoms with Crippen molar-refractivity contribution in [3.8, 4) is 0 Å². The van der Waals surface area contributed by atoms with Crippen LogP contribution < -0.4 is 4.90 Å². The zero-order valence-corrected chi connectivity index (χ0v) is 12.5. The highest BCUT2D eigenvalue weighted by Gasteiger charge is 2.15. The van der Waals surface area contributed by atoms with Crippen LogP contribution in [0.5, 0.6) is 0 Å². The highest BCUT2D eigenvalue weighted by Crippen LogP contribution is 2.29. The molecule has 3 rings (SSSR count). The highest BCUT2D eigenvalue weighted by atomic mass is 35.5. The second kappa shape index (κ2) is 6.19. The van der Waals surface area contributed by atoms with Gasteiger partial charge in [-0.2, -0.15) is 0 Å². The first-order valence-corrected chi connectivity index (χ1v) is 7.34. The molecule has 6 nitrogen and oxygen atoms in total. The van der Waals surface area contributed by atoms with Crippen molar-refractivity contribution < 1.29 is 9.34 Å². The van der Waals surface area contributed by atoms with Crippen molar-refractivity contribution in [1.29, 1.82) is 0 Å². The minimum Gasteiger partial charge on any atom is -0.440 e. The van der Waals surface area contributed by atoms with Crippen LogP contribution in [0.4, 0.5) is 17.3 Å². The van der Waals surface area contributed by atoms with E-state index < -0.39 is 4.92 Å². The molecule has 2 aromatic rings. The molecular formula is C15H14ClN3O3. The molecule has 0 N–H and O–H groups in total. The number of nitro groups is 1. The molecule has 0 unspecified atom stereocenters. The Balaban J connectivity index is 1.76. The monoisotopic (exact) mass is 319 g/mol. The van der Waals surface area contributed by atoms with Gasteiger partial charge in [0, 0.05) is 25.2 Å². The van der Waals surface area contributed by atoms with Crippen LogP contribution in [-0.4, -0.2) is 24.2 Å². The lowest BCUT2D eigenvalue weighted by molar-refractivity contribution is -0.384. The predicted molar refractivity (Wildman–Crippen MR) is 85.5 cm³/mol. The van der Waals surface area contributed by atoms with Crippen molar-refractivity contribution in [2.75, 3.05) is 18.0 Å². The quantitative estimate of drug-likeness (QED) is 0.481. The second-order valence-electron chi connectivity index (χ2n) is 5.02. The summed E-state index contributed by atoms with van der Waals surface area (Å²) in [5, 5.41) is 10.9. The van der Waals surface area contributed by atoms with Gasteiger partial charge in [-0.1, -0.05) is 11.6 Å². The van der Waals surface area contributed by atoms with Gasteiger partial charge in [-0.05, 0) is 31.0 Å². The van der Waals surface area contributed by atoms with Crippen molar-refractivity contribution in [3.05, 3.63) is 51.2 Å².